The molecule has 1 aliphatic heterocycles. The van der Waals surface area contributed by atoms with Gasteiger partial charge in [-0.25, -0.2) is 13.8 Å². The van der Waals surface area contributed by atoms with E-state index in [9.17, 15) is 13.6 Å². The average molecular weight is 351 g/mol. The molecule has 1 aromatic heterocycles. The van der Waals surface area contributed by atoms with E-state index in [1.807, 2.05) is 5.38 Å². The first-order chi connectivity index (χ1) is 11.5. The largest absolute Gasteiger partial charge is 0.298 e. The maximum absolute atomic E-state index is 13.2. The van der Waals surface area contributed by atoms with Crippen LogP contribution in [-0.2, 0) is 6.54 Å². The number of anilines is 1. The molecule has 1 amide bonds. The minimum absolute atomic E-state index is 0.0610. The lowest BCUT2D eigenvalue weighted by Crippen LogP contribution is -2.33. The molecule has 0 bridgehead atoms. The number of nitrogens with one attached hydrogen (secondary N) is 1. The Morgan fingerprint density at radius 2 is 2.12 bits per heavy atom. The number of hydrogen-bond donors (Lipinski definition) is 1. The number of halogens is 2. The first kappa shape index (κ1) is 17.0. The number of carbonyl (C=O) groups excluding carboxylic acids is 1. The second-order valence-electron chi connectivity index (χ2n) is 6.24. The van der Waals surface area contributed by atoms with Gasteiger partial charge in [0.2, 0.25) is 0 Å². The van der Waals surface area contributed by atoms with Gasteiger partial charge in [-0.2, -0.15) is 0 Å². The molecule has 0 aliphatic carbocycles. The Kier molecular flexibility index (Phi) is 5.20. The Morgan fingerprint density at radius 1 is 1.38 bits per heavy atom. The van der Waals surface area contributed by atoms with Gasteiger partial charge >= 0.3 is 0 Å². The number of rotatable bonds is 4. The number of thiazole rings is 1. The van der Waals surface area contributed by atoms with Crippen LogP contribution in [0.5, 0.6) is 0 Å². The Bertz CT molecular complexity index is 714. The summed E-state index contributed by atoms with van der Waals surface area (Å²) in [6, 6.07) is 2.74. The van der Waals surface area contributed by atoms with E-state index in [2.05, 4.69) is 22.1 Å². The highest BCUT2D eigenvalue weighted by Gasteiger charge is 2.18. The molecule has 3 rings (SSSR count). The van der Waals surface area contributed by atoms with Crippen molar-refractivity contribution in [3.05, 3.63) is 46.5 Å². The molecule has 24 heavy (non-hydrogen) atoms. The summed E-state index contributed by atoms with van der Waals surface area (Å²) in [5, 5.41) is 4.93. The molecule has 4 nitrogen and oxygen atoms in total. The topological polar surface area (TPSA) is 45.2 Å². The molecule has 0 saturated carbocycles. The summed E-state index contributed by atoms with van der Waals surface area (Å²) in [5.74, 6) is -1.43. The first-order valence-corrected chi connectivity index (χ1v) is 8.82. The van der Waals surface area contributed by atoms with Crippen molar-refractivity contribution in [1.29, 1.82) is 0 Å². The van der Waals surface area contributed by atoms with Crippen LogP contribution in [-0.4, -0.2) is 28.9 Å². The SMILES string of the molecule is C[C@@H]1CCCN(Cc2csc(NC(=O)c3cc(F)cc(F)c3)n2)C1. The molecule has 1 atom stereocenters. The van der Waals surface area contributed by atoms with Gasteiger partial charge in [-0.1, -0.05) is 6.92 Å². The van der Waals surface area contributed by atoms with Crippen molar-refractivity contribution in [3.8, 4) is 0 Å². The van der Waals surface area contributed by atoms with Crippen LogP contribution < -0.4 is 5.32 Å². The molecule has 1 N–H and O–H groups in total. The van der Waals surface area contributed by atoms with Gasteiger partial charge in [0, 0.05) is 30.1 Å². The summed E-state index contributed by atoms with van der Waals surface area (Å²) in [7, 11) is 0. The van der Waals surface area contributed by atoms with Gasteiger partial charge in [0.25, 0.3) is 5.91 Å². The minimum atomic E-state index is -0.779. The third-order valence-corrected chi connectivity index (χ3v) is 4.83. The number of benzene rings is 1. The third kappa shape index (κ3) is 4.36. The number of piperidine rings is 1. The Labute approximate surface area is 143 Å². The fourth-order valence-corrected chi connectivity index (χ4v) is 3.65. The summed E-state index contributed by atoms with van der Waals surface area (Å²) in [5.41, 5.74) is 0.837. The number of hydrogen-bond acceptors (Lipinski definition) is 4. The van der Waals surface area contributed by atoms with Gasteiger partial charge in [-0.3, -0.25) is 15.0 Å². The third-order valence-electron chi connectivity index (χ3n) is 4.02. The fourth-order valence-electron chi connectivity index (χ4n) is 2.95. The van der Waals surface area contributed by atoms with Gasteiger partial charge < -0.3 is 0 Å². The lowest BCUT2D eigenvalue weighted by atomic mass is 10.0. The smallest absolute Gasteiger partial charge is 0.257 e. The van der Waals surface area contributed by atoms with Crippen molar-refractivity contribution in [1.82, 2.24) is 9.88 Å². The zero-order valence-electron chi connectivity index (χ0n) is 13.4. The second-order valence-corrected chi connectivity index (χ2v) is 7.10. The van der Waals surface area contributed by atoms with E-state index in [0.29, 0.717) is 11.0 Å². The maximum Gasteiger partial charge on any atom is 0.257 e. The van der Waals surface area contributed by atoms with Crippen LogP contribution in [0.15, 0.2) is 23.6 Å². The predicted octanol–water partition coefficient (Wildman–Crippen LogP) is 3.91. The molecule has 0 unspecified atom stereocenters. The quantitative estimate of drug-likeness (QED) is 0.908. The lowest BCUT2D eigenvalue weighted by molar-refractivity contribution is 0.102. The summed E-state index contributed by atoms with van der Waals surface area (Å²) in [4.78, 5) is 18.8. The van der Waals surface area contributed by atoms with Gasteiger partial charge in [-0.05, 0) is 37.4 Å². The number of carbonyl (C=O) groups is 1. The van der Waals surface area contributed by atoms with Gasteiger partial charge in [0.15, 0.2) is 5.13 Å². The highest BCUT2D eigenvalue weighted by atomic mass is 32.1. The zero-order chi connectivity index (χ0) is 17.1. The number of amides is 1. The van der Waals surface area contributed by atoms with Crippen molar-refractivity contribution >= 4 is 22.4 Å². The van der Waals surface area contributed by atoms with E-state index in [1.165, 1.54) is 24.2 Å². The maximum atomic E-state index is 13.2. The van der Waals surface area contributed by atoms with Gasteiger partial charge in [0.05, 0.1) is 5.69 Å². The number of aromatic nitrogens is 1. The van der Waals surface area contributed by atoms with Crippen LogP contribution in [0.3, 0.4) is 0 Å². The first-order valence-electron chi connectivity index (χ1n) is 7.94. The molecule has 1 fully saturated rings. The molecule has 1 aliphatic rings. The molecule has 2 heterocycles. The Hall–Kier alpha value is -1.86. The average Bonchev–Trinajstić information content (AvgIpc) is 2.93. The zero-order valence-corrected chi connectivity index (χ0v) is 14.2. The standard InChI is InChI=1S/C17H19F2N3OS/c1-11-3-2-4-22(8-11)9-15-10-24-17(20-15)21-16(23)12-5-13(18)7-14(19)6-12/h5-7,10-11H,2-4,8-9H2,1H3,(H,20,21,23)/t11-/m1/s1. The molecule has 1 saturated heterocycles. The van der Waals surface area contributed by atoms with Crippen LogP contribution in [0.2, 0.25) is 0 Å². The van der Waals surface area contributed by atoms with Crippen LogP contribution >= 0.6 is 11.3 Å². The van der Waals surface area contributed by atoms with Gasteiger partial charge in [-0.15, -0.1) is 11.3 Å². The normalized spacial score (nSPS) is 18.5. The van der Waals surface area contributed by atoms with Crippen molar-refractivity contribution in [2.75, 3.05) is 18.4 Å². The van der Waals surface area contributed by atoms with Crippen molar-refractivity contribution in [2.45, 2.75) is 26.3 Å². The Balaban J connectivity index is 1.62. The number of likely N-dealkylation sites (tertiary alicyclic amines) is 1. The van der Waals surface area contributed by atoms with Crippen LogP contribution in [0.25, 0.3) is 0 Å². The summed E-state index contributed by atoms with van der Waals surface area (Å²) < 4.78 is 26.4. The summed E-state index contributed by atoms with van der Waals surface area (Å²) >= 11 is 1.31. The molecule has 7 heteroatoms. The monoisotopic (exact) mass is 351 g/mol. The highest BCUT2D eigenvalue weighted by Crippen LogP contribution is 2.21. The van der Waals surface area contributed by atoms with E-state index in [1.54, 1.807) is 0 Å². The van der Waals surface area contributed by atoms with Crippen LogP contribution in [0, 0.1) is 17.6 Å². The molecule has 2 aromatic rings. The fraction of sp³-hybridized carbons (Fsp3) is 0.412. The van der Waals surface area contributed by atoms with E-state index in [-0.39, 0.29) is 5.56 Å². The molecule has 1 aromatic carbocycles. The van der Waals surface area contributed by atoms with E-state index in [0.717, 1.165) is 43.5 Å². The molecule has 128 valence electrons. The lowest BCUT2D eigenvalue weighted by Gasteiger charge is -2.30. The molecule has 0 radical (unpaired) electrons. The van der Waals surface area contributed by atoms with Gasteiger partial charge in [0.1, 0.15) is 11.6 Å². The van der Waals surface area contributed by atoms with Crippen LogP contribution in [0.4, 0.5) is 13.9 Å². The van der Waals surface area contributed by atoms with Crippen LogP contribution in [0.1, 0.15) is 35.8 Å². The second kappa shape index (κ2) is 7.36. The summed E-state index contributed by atoms with van der Waals surface area (Å²) in [6.07, 6.45) is 2.46. The molecular formula is C17H19F2N3OS. The van der Waals surface area contributed by atoms with Crippen molar-refractivity contribution in [2.24, 2.45) is 5.92 Å². The van der Waals surface area contributed by atoms with E-state index in [4.69, 9.17) is 0 Å². The van der Waals surface area contributed by atoms with E-state index < -0.39 is 17.5 Å². The predicted molar refractivity (Wildman–Crippen MR) is 90.1 cm³/mol. The number of nitrogens with zero attached hydrogens (tertiary/aromatic N) is 2. The summed E-state index contributed by atoms with van der Waals surface area (Å²) in [6.45, 7) is 5.12. The van der Waals surface area contributed by atoms with Crippen molar-refractivity contribution in [3.63, 3.8) is 0 Å². The highest BCUT2D eigenvalue weighted by molar-refractivity contribution is 7.13. The molecular weight excluding hydrogens is 332 g/mol. The van der Waals surface area contributed by atoms with E-state index >= 15 is 0 Å². The minimum Gasteiger partial charge on any atom is -0.298 e. The van der Waals surface area contributed by atoms with Crippen molar-refractivity contribution < 1.29 is 13.6 Å². The molecule has 0 spiro atoms. The Morgan fingerprint density at radius 3 is 2.83 bits per heavy atom.